The molecule has 0 aromatic rings. The van der Waals surface area contributed by atoms with Crippen molar-refractivity contribution in [3.8, 4) is 0 Å². The first-order valence-electron chi connectivity index (χ1n) is 8.52. The highest BCUT2D eigenvalue weighted by atomic mass is 32.2. The van der Waals surface area contributed by atoms with Gasteiger partial charge < -0.3 is 9.80 Å². The molecule has 0 saturated carbocycles. The molecule has 0 radical (unpaired) electrons. The molecule has 0 bridgehead atoms. The fourth-order valence-electron chi connectivity index (χ4n) is 2.54. The molecule has 0 aromatic heterocycles. The predicted molar refractivity (Wildman–Crippen MR) is 107 cm³/mol. The highest BCUT2D eigenvalue weighted by molar-refractivity contribution is 7.98. The molecule has 0 spiro atoms. The third-order valence-electron chi connectivity index (χ3n) is 4.94. The summed E-state index contributed by atoms with van der Waals surface area (Å²) in [5, 5.41) is 0. The van der Waals surface area contributed by atoms with E-state index in [0.29, 0.717) is 19.1 Å². The molecule has 3 rings (SSSR count). The Balaban J connectivity index is 0.000000195. The molecule has 1 unspecified atom stereocenters. The molecule has 3 fully saturated rings. The van der Waals surface area contributed by atoms with E-state index in [-0.39, 0.29) is 6.03 Å². The third-order valence-corrected chi connectivity index (χ3v) is 9.17. The molecule has 2 amide bonds. The maximum Gasteiger partial charge on any atom is 0.319 e. The summed E-state index contributed by atoms with van der Waals surface area (Å²) < 4.78 is 37.8. The van der Waals surface area contributed by atoms with Gasteiger partial charge in [0.05, 0.1) is 0 Å². The van der Waals surface area contributed by atoms with Crippen LogP contribution in [0.3, 0.4) is 0 Å². The molecule has 3 aliphatic rings. The summed E-state index contributed by atoms with van der Waals surface area (Å²) in [5.41, 5.74) is 0. The van der Waals surface area contributed by atoms with E-state index in [1.54, 1.807) is 23.9 Å². The number of rotatable bonds is 0. The third kappa shape index (κ3) is 5.56. The first-order chi connectivity index (χ1) is 11.8. The van der Waals surface area contributed by atoms with E-state index in [0.717, 1.165) is 25.3 Å². The van der Waals surface area contributed by atoms with Crippen molar-refractivity contribution in [1.29, 1.82) is 0 Å². The standard InChI is InChI=1S/C6H13NOS.C5H10N2O.C4H10N2O2S/c1-6-4-5-9(3,8)7(6)2;1-6-3-4-7(2)5(6)8;1-5-3-4-6(2)9(5,7)8/h6H,3-5H2,1-2H3;3-4H2,1-2H3;3-4H2,1-2H3/t6-,9?;;/m0../s1. The first kappa shape index (κ1) is 23.2. The van der Waals surface area contributed by atoms with Gasteiger partial charge >= 0.3 is 6.03 Å². The Bertz CT molecular complexity index is 667. The molecule has 11 heteroatoms. The van der Waals surface area contributed by atoms with Gasteiger partial charge in [0.15, 0.2) is 0 Å². The SMILES string of the molecule is C=S1(=O)CC[C@H](C)N1C.CN1CCN(C)C1=O.CN1CCN(C)S1(=O)=O. The fraction of sp³-hybridized carbons (Fsp3) is 0.867. The predicted octanol–water partition coefficient (Wildman–Crippen LogP) is -0.566. The number of likely N-dealkylation sites (N-methyl/N-ethyl adjacent to an activating group) is 4. The molecule has 0 N–H and O–H groups in total. The average Bonchev–Trinajstić information content (AvgIpc) is 3.09. The van der Waals surface area contributed by atoms with Gasteiger partial charge in [-0.15, -0.1) is 0 Å². The van der Waals surface area contributed by atoms with Gasteiger partial charge in [-0.05, 0) is 26.3 Å². The zero-order chi connectivity index (χ0) is 20.3. The molecule has 0 aliphatic carbocycles. The molecule has 3 saturated heterocycles. The monoisotopic (exact) mass is 411 g/mol. The Morgan fingerprint density at radius 3 is 1.42 bits per heavy atom. The van der Waals surface area contributed by atoms with Gasteiger partial charge in [0.25, 0.3) is 10.2 Å². The van der Waals surface area contributed by atoms with E-state index in [9.17, 15) is 17.4 Å². The zero-order valence-electron chi connectivity index (χ0n) is 16.7. The highest BCUT2D eigenvalue weighted by Gasteiger charge is 2.29. The second kappa shape index (κ2) is 8.87. The minimum atomic E-state index is -3.04. The quantitative estimate of drug-likeness (QED) is 0.500. The van der Waals surface area contributed by atoms with Crippen LogP contribution >= 0.6 is 0 Å². The van der Waals surface area contributed by atoms with Gasteiger partial charge in [-0.3, -0.25) is 4.21 Å². The normalized spacial score (nSPS) is 32.2. The van der Waals surface area contributed by atoms with Crippen molar-refractivity contribution in [2.24, 2.45) is 0 Å². The molecule has 9 nitrogen and oxygen atoms in total. The lowest BCUT2D eigenvalue weighted by molar-refractivity contribution is 0.205. The van der Waals surface area contributed by atoms with Crippen molar-refractivity contribution < 1.29 is 17.4 Å². The number of carbonyl (C=O) groups is 1. The average molecular weight is 412 g/mol. The van der Waals surface area contributed by atoms with Crippen LogP contribution in [0.2, 0.25) is 0 Å². The molecule has 3 aliphatic heterocycles. The van der Waals surface area contributed by atoms with Crippen LogP contribution in [0.15, 0.2) is 0 Å². The molecule has 0 aromatic carbocycles. The molecular formula is C15H33N5O4S2. The maximum absolute atomic E-state index is 11.3. The molecule has 3 heterocycles. The van der Waals surface area contributed by atoms with Crippen LogP contribution in [0.4, 0.5) is 4.79 Å². The summed E-state index contributed by atoms with van der Waals surface area (Å²) in [7, 11) is 3.79. The number of nitrogens with zero attached hydrogens (tertiary/aromatic N) is 5. The van der Waals surface area contributed by atoms with E-state index < -0.39 is 19.9 Å². The summed E-state index contributed by atoms with van der Waals surface area (Å²) in [6.07, 6.45) is 1.03. The number of amides is 2. The molecular weight excluding hydrogens is 378 g/mol. The van der Waals surface area contributed by atoms with Crippen molar-refractivity contribution in [3.63, 3.8) is 0 Å². The summed E-state index contributed by atoms with van der Waals surface area (Å²) in [5.74, 6) is 4.42. The van der Waals surface area contributed by atoms with Crippen molar-refractivity contribution in [2.75, 3.05) is 67.2 Å². The molecule has 26 heavy (non-hydrogen) atoms. The Kier molecular flexibility index (Phi) is 7.90. The van der Waals surface area contributed by atoms with Crippen LogP contribution in [-0.4, -0.2) is 120 Å². The molecule has 2 atom stereocenters. The van der Waals surface area contributed by atoms with E-state index in [2.05, 4.69) is 12.8 Å². The first-order valence-corrected chi connectivity index (χ1v) is 11.8. The minimum absolute atomic E-state index is 0.130. The number of hydrogen-bond donors (Lipinski definition) is 0. The van der Waals surface area contributed by atoms with Crippen molar-refractivity contribution in [1.82, 2.24) is 22.7 Å². The van der Waals surface area contributed by atoms with Gasteiger partial charge in [0, 0.05) is 75.9 Å². The second-order valence-electron chi connectivity index (χ2n) is 6.94. The summed E-state index contributed by atoms with van der Waals surface area (Å²) in [4.78, 5) is 14.2. The van der Waals surface area contributed by atoms with Gasteiger partial charge in [-0.2, -0.15) is 17.0 Å². The highest BCUT2D eigenvalue weighted by Crippen LogP contribution is 2.17. The van der Waals surface area contributed by atoms with E-state index >= 15 is 0 Å². The largest absolute Gasteiger partial charge is 0.326 e. The Hall–Kier alpha value is -0.880. The van der Waals surface area contributed by atoms with Gasteiger partial charge in [-0.1, -0.05) is 0 Å². The van der Waals surface area contributed by atoms with Crippen molar-refractivity contribution in [2.45, 2.75) is 19.4 Å². The number of urea groups is 1. The van der Waals surface area contributed by atoms with E-state index in [1.165, 1.54) is 8.61 Å². The van der Waals surface area contributed by atoms with Gasteiger partial charge in [0.2, 0.25) is 0 Å². The van der Waals surface area contributed by atoms with Crippen LogP contribution in [0.1, 0.15) is 13.3 Å². The van der Waals surface area contributed by atoms with Crippen LogP contribution in [0, 0.1) is 0 Å². The minimum Gasteiger partial charge on any atom is -0.326 e. The summed E-state index contributed by atoms with van der Waals surface area (Å²) >= 11 is 0. The van der Waals surface area contributed by atoms with Crippen LogP contribution in [0.25, 0.3) is 0 Å². The maximum atomic E-state index is 11.3. The molecule has 154 valence electrons. The number of carbonyl (C=O) groups excluding carboxylic acids is 1. The lowest BCUT2D eigenvalue weighted by Crippen LogP contribution is -2.27. The Labute approximate surface area is 158 Å². The lowest BCUT2D eigenvalue weighted by atomic mass is 10.3. The van der Waals surface area contributed by atoms with Crippen molar-refractivity contribution in [3.05, 3.63) is 0 Å². The van der Waals surface area contributed by atoms with E-state index in [4.69, 9.17) is 0 Å². The summed E-state index contributed by atoms with van der Waals surface area (Å²) in [6.45, 7) is 5.04. The number of hydrogen-bond acceptors (Lipinski definition) is 4. The van der Waals surface area contributed by atoms with Crippen LogP contribution in [0.5, 0.6) is 0 Å². The fourth-order valence-corrected chi connectivity index (χ4v) is 5.40. The van der Waals surface area contributed by atoms with Gasteiger partial charge in [-0.25, -0.2) is 9.10 Å². The van der Waals surface area contributed by atoms with Crippen LogP contribution in [-0.2, 0) is 19.9 Å². The lowest BCUT2D eigenvalue weighted by Gasteiger charge is -2.15. The van der Waals surface area contributed by atoms with Crippen molar-refractivity contribution >= 4 is 31.8 Å². The Morgan fingerprint density at radius 2 is 1.31 bits per heavy atom. The van der Waals surface area contributed by atoms with Gasteiger partial charge in [0.1, 0.15) is 0 Å². The second-order valence-corrected chi connectivity index (χ2v) is 11.6. The zero-order valence-corrected chi connectivity index (χ0v) is 18.3. The topological polar surface area (TPSA) is 84.5 Å². The smallest absolute Gasteiger partial charge is 0.319 e. The van der Waals surface area contributed by atoms with Crippen LogP contribution < -0.4 is 0 Å². The Morgan fingerprint density at radius 1 is 0.885 bits per heavy atom. The van der Waals surface area contributed by atoms with E-state index in [1.807, 2.05) is 25.4 Å². The summed E-state index contributed by atoms with van der Waals surface area (Å²) in [6, 6.07) is 0.583.